The highest BCUT2D eigenvalue weighted by molar-refractivity contribution is 5.80. The minimum Gasteiger partial charge on any atom is -0.355 e. The maximum Gasteiger partial charge on any atom is 0.409 e. The third kappa shape index (κ3) is 9.15. The summed E-state index contributed by atoms with van der Waals surface area (Å²) < 4.78 is 73.6. The number of nitrogens with one attached hydrogen (secondary N) is 1. The van der Waals surface area contributed by atoms with Gasteiger partial charge < -0.3 is 5.32 Å². The summed E-state index contributed by atoms with van der Waals surface area (Å²) in [6.07, 6.45) is -3.85. The van der Waals surface area contributed by atoms with Gasteiger partial charge in [0.2, 0.25) is 11.8 Å². The molecule has 0 rings (SSSR count). The topological polar surface area (TPSA) is 29.1 Å². The molecule has 0 bridgehead atoms. The molecule has 0 saturated carbocycles. The first kappa shape index (κ1) is 21.0. The highest BCUT2D eigenvalue weighted by Crippen LogP contribution is 2.39. The van der Waals surface area contributed by atoms with E-state index in [0.29, 0.717) is 12.8 Å². The summed E-state index contributed by atoms with van der Waals surface area (Å²) >= 11 is 0. The normalized spacial score (nSPS) is 12.7. The van der Waals surface area contributed by atoms with Crippen LogP contribution in [0.1, 0.15) is 58.3 Å². The molecule has 0 aromatic heterocycles. The van der Waals surface area contributed by atoms with Crippen LogP contribution in [0.25, 0.3) is 0 Å². The molecule has 1 N–H and O–H groups in total. The second-order valence-electron chi connectivity index (χ2n) is 5.28. The molecule has 0 fully saturated rings. The van der Waals surface area contributed by atoms with Crippen molar-refractivity contribution in [2.75, 3.05) is 6.54 Å². The number of carbonyl (C=O) groups excluding carboxylic acids is 1. The molecule has 8 heteroatoms. The Balaban J connectivity index is 3.93. The maximum absolute atomic E-state index is 12.3. The Morgan fingerprint density at radius 3 is 1.64 bits per heavy atom. The Morgan fingerprint density at radius 2 is 1.23 bits per heavy atom. The van der Waals surface area contributed by atoms with Crippen LogP contribution in [0.2, 0.25) is 0 Å². The molecule has 0 unspecified atom stereocenters. The van der Waals surface area contributed by atoms with Crippen molar-refractivity contribution in [2.24, 2.45) is 5.92 Å². The smallest absolute Gasteiger partial charge is 0.355 e. The van der Waals surface area contributed by atoms with Crippen LogP contribution in [0.5, 0.6) is 0 Å². The zero-order valence-electron chi connectivity index (χ0n) is 12.6. The van der Waals surface area contributed by atoms with Crippen molar-refractivity contribution in [1.29, 1.82) is 0 Å². The van der Waals surface area contributed by atoms with Crippen LogP contribution in [0, 0.1) is 5.92 Å². The quantitative estimate of drug-likeness (QED) is 0.442. The largest absolute Gasteiger partial charge is 0.409 e. The van der Waals surface area contributed by atoms with E-state index in [9.17, 15) is 31.1 Å². The first-order valence-corrected chi connectivity index (χ1v) is 7.51. The van der Waals surface area contributed by atoms with Crippen LogP contribution in [0.3, 0.4) is 0 Å². The fourth-order valence-corrected chi connectivity index (χ4v) is 2.06. The number of halogens is 6. The van der Waals surface area contributed by atoms with Gasteiger partial charge in [0.05, 0.1) is 0 Å². The van der Waals surface area contributed by atoms with E-state index in [4.69, 9.17) is 0 Å². The fourth-order valence-electron chi connectivity index (χ4n) is 2.06. The van der Waals surface area contributed by atoms with Crippen molar-refractivity contribution in [3.8, 4) is 0 Å². The van der Waals surface area contributed by atoms with Gasteiger partial charge in [-0.25, -0.2) is 0 Å². The number of alkyl halides is 6. The lowest BCUT2D eigenvalue weighted by atomic mass is 10.1. The summed E-state index contributed by atoms with van der Waals surface area (Å²) in [5.74, 6) is -5.98. The highest BCUT2D eigenvalue weighted by atomic mass is 19.4. The van der Waals surface area contributed by atoms with Crippen molar-refractivity contribution in [3.63, 3.8) is 0 Å². The van der Waals surface area contributed by atoms with Crippen LogP contribution < -0.4 is 5.32 Å². The minimum absolute atomic E-state index is 0.170. The monoisotopic (exact) mass is 335 g/mol. The van der Waals surface area contributed by atoms with Crippen molar-refractivity contribution in [2.45, 2.75) is 70.6 Å². The van der Waals surface area contributed by atoms with Gasteiger partial charge in [0.1, 0.15) is 0 Å². The molecule has 0 aliphatic heterocycles. The van der Waals surface area contributed by atoms with Gasteiger partial charge in [-0.15, -0.1) is 0 Å². The van der Waals surface area contributed by atoms with Gasteiger partial charge in [-0.2, -0.15) is 26.3 Å². The number of rotatable bonds is 10. The minimum atomic E-state index is -5.62. The van der Waals surface area contributed by atoms with Gasteiger partial charge in [-0.1, -0.05) is 51.9 Å². The van der Waals surface area contributed by atoms with E-state index in [2.05, 4.69) is 6.92 Å². The number of amides is 1. The van der Waals surface area contributed by atoms with E-state index >= 15 is 0 Å². The van der Waals surface area contributed by atoms with Crippen LogP contribution in [0.4, 0.5) is 26.3 Å². The molecule has 0 aliphatic rings. The van der Waals surface area contributed by atoms with Crippen molar-refractivity contribution >= 4 is 5.91 Å². The Morgan fingerprint density at radius 1 is 0.818 bits per heavy atom. The summed E-state index contributed by atoms with van der Waals surface area (Å²) in [5.41, 5.74) is 0. The summed E-state index contributed by atoms with van der Waals surface area (Å²) in [5, 5.41) is 1.73. The molecule has 22 heavy (non-hydrogen) atoms. The van der Waals surface area contributed by atoms with Crippen LogP contribution in [-0.4, -0.2) is 24.8 Å². The Kier molecular flexibility index (Phi) is 9.51. The number of hydrogen-bond acceptors (Lipinski definition) is 1. The van der Waals surface area contributed by atoms with Crippen LogP contribution in [-0.2, 0) is 4.79 Å². The van der Waals surface area contributed by atoms with E-state index in [1.165, 1.54) is 0 Å². The van der Waals surface area contributed by atoms with Gasteiger partial charge >= 0.3 is 12.4 Å². The third-order valence-corrected chi connectivity index (χ3v) is 3.25. The second-order valence-corrected chi connectivity index (χ2v) is 5.28. The lowest BCUT2D eigenvalue weighted by Crippen LogP contribution is -2.48. The third-order valence-electron chi connectivity index (χ3n) is 3.25. The Hall–Kier alpha value is -0.950. The first-order valence-electron chi connectivity index (χ1n) is 7.51. The fraction of sp³-hybridized carbons (Fsp3) is 0.929. The molecule has 0 aromatic rings. The number of hydrogen-bond donors (Lipinski definition) is 1. The van der Waals surface area contributed by atoms with Gasteiger partial charge in [-0.05, 0) is 6.42 Å². The predicted molar refractivity (Wildman–Crippen MR) is 71.2 cm³/mol. The zero-order valence-corrected chi connectivity index (χ0v) is 12.6. The molecular weight excluding hydrogens is 312 g/mol. The lowest BCUT2D eigenvalue weighted by molar-refractivity contribution is -0.274. The molecule has 0 heterocycles. The number of carbonyl (C=O) groups is 1. The molecule has 0 aliphatic carbocycles. The molecule has 0 saturated heterocycles. The summed E-state index contributed by atoms with van der Waals surface area (Å²) in [4.78, 5) is 11.1. The van der Waals surface area contributed by atoms with Crippen LogP contribution >= 0.6 is 0 Å². The van der Waals surface area contributed by atoms with E-state index in [-0.39, 0.29) is 6.54 Å². The molecule has 0 aromatic carbocycles. The molecule has 2 nitrogen and oxygen atoms in total. The van der Waals surface area contributed by atoms with E-state index in [1.807, 2.05) is 0 Å². The average Bonchev–Trinajstić information content (AvgIpc) is 2.33. The molecule has 0 spiro atoms. The standard InChI is InChI=1S/C14H23F6NO/c1-2-3-4-5-6-7-8-9-10-21-12(22)11(13(15,16)17)14(18,19)20/h11H,2-10H2,1H3,(H,21,22). The highest BCUT2D eigenvalue weighted by Gasteiger charge is 2.60. The second kappa shape index (κ2) is 9.94. The summed E-state index contributed by atoms with van der Waals surface area (Å²) in [6.45, 7) is 1.92. The summed E-state index contributed by atoms with van der Waals surface area (Å²) in [6, 6.07) is 0. The van der Waals surface area contributed by atoms with Crippen molar-refractivity contribution in [3.05, 3.63) is 0 Å². The van der Waals surface area contributed by atoms with E-state index in [0.717, 1.165) is 38.5 Å². The zero-order chi connectivity index (χ0) is 17.2. The molecule has 1 amide bonds. The SMILES string of the molecule is CCCCCCCCCCNC(=O)C(C(F)(F)F)C(F)(F)F. The van der Waals surface area contributed by atoms with Gasteiger partial charge in [0.15, 0.2) is 0 Å². The Labute approximate surface area is 126 Å². The lowest BCUT2D eigenvalue weighted by Gasteiger charge is -2.22. The van der Waals surface area contributed by atoms with E-state index < -0.39 is 24.2 Å². The summed E-state index contributed by atoms with van der Waals surface area (Å²) in [7, 11) is 0. The van der Waals surface area contributed by atoms with Gasteiger partial charge in [-0.3, -0.25) is 4.79 Å². The van der Waals surface area contributed by atoms with E-state index in [1.54, 1.807) is 5.32 Å². The van der Waals surface area contributed by atoms with Crippen LogP contribution in [0.15, 0.2) is 0 Å². The van der Waals surface area contributed by atoms with Gasteiger partial charge in [0.25, 0.3) is 0 Å². The predicted octanol–water partition coefficient (Wildman–Crippen LogP) is 4.98. The molecule has 0 radical (unpaired) electrons. The Bertz CT molecular complexity index is 299. The number of unbranched alkanes of at least 4 members (excludes halogenated alkanes) is 7. The first-order chi connectivity index (χ1) is 10.1. The molecule has 132 valence electrons. The molecular formula is C14H23F6NO. The van der Waals surface area contributed by atoms with Crippen molar-refractivity contribution in [1.82, 2.24) is 5.32 Å². The maximum atomic E-state index is 12.3. The molecule has 0 atom stereocenters. The average molecular weight is 335 g/mol. The van der Waals surface area contributed by atoms with Gasteiger partial charge in [0, 0.05) is 6.54 Å². The van der Waals surface area contributed by atoms with Crippen molar-refractivity contribution < 1.29 is 31.1 Å².